The number of aryl methyl sites for hydroxylation is 2. The number of carbonyl (C=O) groups excluding carboxylic acids is 2. The summed E-state index contributed by atoms with van der Waals surface area (Å²) in [6.45, 7) is 1.66. The third-order valence-corrected chi connectivity index (χ3v) is 3.86. The summed E-state index contributed by atoms with van der Waals surface area (Å²) in [5, 5.41) is 6.86. The summed E-state index contributed by atoms with van der Waals surface area (Å²) in [4.78, 5) is 24.3. The maximum Gasteiger partial charge on any atom is 0.263 e. The normalized spacial score (nSPS) is 10.5. The van der Waals surface area contributed by atoms with Crippen LogP contribution < -0.4 is 10.1 Å². The lowest BCUT2D eigenvalue weighted by molar-refractivity contribution is -0.118. The van der Waals surface area contributed by atoms with E-state index >= 15 is 0 Å². The van der Waals surface area contributed by atoms with Gasteiger partial charge in [0.25, 0.3) is 5.91 Å². The first-order valence-corrected chi connectivity index (χ1v) is 8.26. The number of anilines is 1. The van der Waals surface area contributed by atoms with Crippen LogP contribution in [0.4, 0.5) is 10.2 Å². The van der Waals surface area contributed by atoms with Gasteiger partial charge in [0.2, 0.25) is 0 Å². The van der Waals surface area contributed by atoms with E-state index in [1.165, 1.54) is 24.3 Å². The molecule has 3 rings (SSSR count). The van der Waals surface area contributed by atoms with Gasteiger partial charge in [-0.1, -0.05) is 0 Å². The lowest BCUT2D eigenvalue weighted by Gasteiger charge is -2.08. The molecular weight excluding hydrogens is 349 g/mol. The van der Waals surface area contributed by atoms with Crippen LogP contribution in [0, 0.1) is 12.7 Å². The number of benzene rings is 2. The second-order valence-electron chi connectivity index (χ2n) is 5.99. The van der Waals surface area contributed by atoms with Crippen LogP contribution in [-0.4, -0.2) is 28.1 Å². The number of ketones is 1. The molecule has 0 aliphatic heterocycles. The predicted molar refractivity (Wildman–Crippen MR) is 98.3 cm³/mol. The Hall–Kier alpha value is -3.48. The summed E-state index contributed by atoms with van der Waals surface area (Å²) < 4.78 is 20.0. The highest BCUT2D eigenvalue weighted by atomic mass is 19.1. The van der Waals surface area contributed by atoms with Gasteiger partial charge in [-0.15, -0.1) is 0 Å². The van der Waals surface area contributed by atoms with E-state index < -0.39 is 5.82 Å². The SMILES string of the molecule is Cc1cc(NC(=O)COc2ccc(C(=O)c3ccc(F)cc3)cc2)n(C)n1. The Morgan fingerprint density at radius 3 is 2.22 bits per heavy atom. The quantitative estimate of drug-likeness (QED) is 0.680. The molecule has 0 saturated heterocycles. The van der Waals surface area contributed by atoms with Crippen molar-refractivity contribution in [1.82, 2.24) is 9.78 Å². The number of halogens is 1. The van der Waals surface area contributed by atoms with Crippen LogP contribution in [0.25, 0.3) is 0 Å². The maximum atomic E-state index is 13.0. The molecule has 0 atom stereocenters. The fourth-order valence-electron chi connectivity index (χ4n) is 2.53. The molecule has 2 aromatic carbocycles. The fourth-order valence-corrected chi connectivity index (χ4v) is 2.53. The molecule has 27 heavy (non-hydrogen) atoms. The first-order chi connectivity index (χ1) is 12.9. The molecule has 1 heterocycles. The molecule has 0 fully saturated rings. The Labute approximate surface area is 155 Å². The van der Waals surface area contributed by atoms with E-state index in [1.807, 2.05) is 6.92 Å². The van der Waals surface area contributed by atoms with E-state index in [-0.39, 0.29) is 18.3 Å². The Morgan fingerprint density at radius 1 is 1.07 bits per heavy atom. The zero-order valence-corrected chi connectivity index (χ0v) is 14.9. The molecule has 0 saturated carbocycles. The average Bonchev–Trinajstić information content (AvgIpc) is 2.97. The van der Waals surface area contributed by atoms with E-state index in [2.05, 4.69) is 10.4 Å². The minimum absolute atomic E-state index is 0.171. The van der Waals surface area contributed by atoms with Gasteiger partial charge >= 0.3 is 0 Å². The molecule has 0 radical (unpaired) electrons. The minimum Gasteiger partial charge on any atom is -0.484 e. The van der Waals surface area contributed by atoms with Crippen LogP contribution in [0.2, 0.25) is 0 Å². The second-order valence-corrected chi connectivity index (χ2v) is 5.99. The zero-order chi connectivity index (χ0) is 19.4. The van der Waals surface area contributed by atoms with Crippen molar-refractivity contribution in [3.8, 4) is 5.75 Å². The number of rotatable bonds is 6. The molecular formula is C20H18FN3O3. The fraction of sp³-hybridized carbons (Fsp3) is 0.150. The van der Waals surface area contributed by atoms with Crippen molar-refractivity contribution >= 4 is 17.5 Å². The van der Waals surface area contributed by atoms with Crippen molar-refractivity contribution in [3.63, 3.8) is 0 Å². The standard InChI is InChI=1S/C20H18FN3O3/c1-13-11-18(24(2)23-13)22-19(25)12-27-17-9-5-15(6-10-17)20(26)14-3-7-16(21)8-4-14/h3-11H,12H2,1-2H3,(H,22,25). The number of nitrogens with zero attached hydrogens (tertiary/aromatic N) is 2. The first kappa shape index (κ1) is 18.3. The molecule has 0 bridgehead atoms. The topological polar surface area (TPSA) is 73.2 Å². The summed E-state index contributed by atoms with van der Waals surface area (Å²) in [6, 6.07) is 13.5. The molecule has 7 heteroatoms. The number of amides is 1. The van der Waals surface area contributed by atoms with Crippen LogP contribution in [0.1, 0.15) is 21.6 Å². The molecule has 0 aliphatic carbocycles. The largest absolute Gasteiger partial charge is 0.484 e. The highest BCUT2D eigenvalue weighted by molar-refractivity contribution is 6.09. The molecule has 0 spiro atoms. The van der Waals surface area contributed by atoms with E-state index in [0.717, 1.165) is 5.69 Å². The Balaban J connectivity index is 1.57. The summed E-state index contributed by atoms with van der Waals surface area (Å²) in [6.07, 6.45) is 0. The van der Waals surface area contributed by atoms with E-state index in [9.17, 15) is 14.0 Å². The van der Waals surface area contributed by atoms with E-state index in [0.29, 0.717) is 22.7 Å². The average molecular weight is 367 g/mol. The lowest BCUT2D eigenvalue weighted by atomic mass is 10.0. The molecule has 0 aliphatic rings. The molecule has 1 N–H and O–H groups in total. The van der Waals surface area contributed by atoms with Gasteiger partial charge in [0.1, 0.15) is 17.4 Å². The van der Waals surface area contributed by atoms with E-state index in [4.69, 9.17) is 4.74 Å². The van der Waals surface area contributed by atoms with Crippen molar-refractivity contribution in [2.24, 2.45) is 7.05 Å². The number of aromatic nitrogens is 2. The predicted octanol–water partition coefficient (Wildman–Crippen LogP) is 3.12. The monoisotopic (exact) mass is 367 g/mol. The number of hydrogen-bond donors (Lipinski definition) is 1. The van der Waals surface area contributed by atoms with Gasteiger partial charge in [0.15, 0.2) is 12.4 Å². The van der Waals surface area contributed by atoms with Gasteiger partial charge in [-0.3, -0.25) is 14.3 Å². The molecule has 0 unspecified atom stereocenters. The van der Waals surface area contributed by atoms with Crippen LogP contribution in [0.5, 0.6) is 5.75 Å². The summed E-state index contributed by atoms with van der Waals surface area (Å²) in [5.41, 5.74) is 1.65. The number of hydrogen-bond acceptors (Lipinski definition) is 4. The van der Waals surface area contributed by atoms with Crippen molar-refractivity contribution in [2.45, 2.75) is 6.92 Å². The van der Waals surface area contributed by atoms with Crippen LogP contribution in [-0.2, 0) is 11.8 Å². The third-order valence-electron chi connectivity index (χ3n) is 3.86. The van der Waals surface area contributed by atoms with Crippen LogP contribution in [0.15, 0.2) is 54.6 Å². The Bertz CT molecular complexity index is 963. The van der Waals surface area contributed by atoms with Gasteiger partial charge in [-0.25, -0.2) is 4.39 Å². The van der Waals surface area contributed by atoms with Gasteiger partial charge in [0.05, 0.1) is 5.69 Å². The van der Waals surface area contributed by atoms with Crippen LogP contribution >= 0.6 is 0 Å². The number of carbonyl (C=O) groups is 2. The second kappa shape index (κ2) is 7.82. The lowest BCUT2D eigenvalue weighted by Crippen LogP contribution is -2.21. The number of ether oxygens (including phenoxy) is 1. The highest BCUT2D eigenvalue weighted by Crippen LogP contribution is 2.16. The Kier molecular flexibility index (Phi) is 5.30. The summed E-state index contributed by atoms with van der Waals surface area (Å²) >= 11 is 0. The first-order valence-electron chi connectivity index (χ1n) is 8.26. The van der Waals surface area contributed by atoms with Crippen molar-refractivity contribution in [2.75, 3.05) is 11.9 Å². The third kappa shape index (κ3) is 4.58. The van der Waals surface area contributed by atoms with Gasteiger partial charge in [-0.2, -0.15) is 5.10 Å². The van der Waals surface area contributed by atoms with Gasteiger partial charge in [-0.05, 0) is 55.5 Å². The zero-order valence-electron chi connectivity index (χ0n) is 14.9. The smallest absolute Gasteiger partial charge is 0.263 e. The van der Waals surface area contributed by atoms with Crippen LogP contribution in [0.3, 0.4) is 0 Å². The maximum absolute atomic E-state index is 13.0. The van der Waals surface area contributed by atoms with Crippen molar-refractivity contribution in [1.29, 1.82) is 0 Å². The van der Waals surface area contributed by atoms with Crippen molar-refractivity contribution < 1.29 is 18.7 Å². The summed E-state index contributed by atoms with van der Waals surface area (Å²) in [5.74, 6) is 0.119. The molecule has 3 aromatic rings. The molecule has 6 nitrogen and oxygen atoms in total. The molecule has 1 aromatic heterocycles. The Morgan fingerprint density at radius 2 is 1.67 bits per heavy atom. The highest BCUT2D eigenvalue weighted by Gasteiger charge is 2.11. The number of nitrogens with one attached hydrogen (secondary N) is 1. The van der Waals surface area contributed by atoms with E-state index in [1.54, 1.807) is 42.1 Å². The molecule has 1 amide bonds. The van der Waals surface area contributed by atoms with Gasteiger partial charge in [0, 0.05) is 24.2 Å². The van der Waals surface area contributed by atoms with Gasteiger partial charge < -0.3 is 10.1 Å². The minimum atomic E-state index is -0.394. The summed E-state index contributed by atoms with van der Waals surface area (Å²) in [7, 11) is 1.74. The van der Waals surface area contributed by atoms with Crippen molar-refractivity contribution in [3.05, 3.63) is 77.2 Å². The molecule has 138 valence electrons.